The minimum absolute atomic E-state index is 0.0577. The summed E-state index contributed by atoms with van der Waals surface area (Å²) in [6.45, 7) is 0. The molecule has 10 heteroatoms. The highest BCUT2D eigenvalue weighted by atomic mass is 32.2. The van der Waals surface area contributed by atoms with Crippen molar-refractivity contribution in [2.75, 3.05) is 18.5 Å². The molecule has 0 aliphatic heterocycles. The molecule has 1 heterocycles. The zero-order valence-corrected chi connectivity index (χ0v) is 19.3. The van der Waals surface area contributed by atoms with Crippen molar-refractivity contribution >= 4 is 43.2 Å². The van der Waals surface area contributed by atoms with Crippen molar-refractivity contribution in [2.24, 2.45) is 0 Å². The Labute approximate surface area is 193 Å². The zero-order valence-electron chi connectivity index (χ0n) is 17.7. The summed E-state index contributed by atoms with van der Waals surface area (Å²) in [5.41, 5.74) is 1.03. The third-order valence-electron chi connectivity index (χ3n) is 4.86. The molecule has 3 aromatic carbocycles. The average Bonchev–Trinajstić information content (AvgIpc) is 3.18. The highest BCUT2D eigenvalue weighted by Crippen LogP contribution is 2.35. The SMILES string of the molecule is COc1ccc(OC)c(S(=O)(=O)N(C(=O)Cc2ccccc2)c2ccc3oc(=O)sc3c2)c1. The molecule has 0 N–H and O–H groups in total. The minimum Gasteiger partial charge on any atom is -0.497 e. The van der Waals surface area contributed by atoms with Crippen LogP contribution >= 0.6 is 11.3 Å². The van der Waals surface area contributed by atoms with Gasteiger partial charge in [-0.25, -0.2) is 17.5 Å². The summed E-state index contributed by atoms with van der Waals surface area (Å²) in [5, 5.41) is 0. The molecule has 0 atom stereocenters. The summed E-state index contributed by atoms with van der Waals surface area (Å²) in [6, 6.07) is 17.4. The smallest absolute Gasteiger partial charge is 0.396 e. The molecule has 4 aromatic rings. The number of anilines is 1. The van der Waals surface area contributed by atoms with Crippen LogP contribution in [-0.2, 0) is 21.2 Å². The lowest BCUT2D eigenvalue weighted by Crippen LogP contribution is -2.38. The van der Waals surface area contributed by atoms with E-state index >= 15 is 0 Å². The molecule has 33 heavy (non-hydrogen) atoms. The van der Waals surface area contributed by atoms with Crippen molar-refractivity contribution in [3.8, 4) is 11.5 Å². The topological polar surface area (TPSA) is 103 Å². The van der Waals surface area contributed by atoms with E-state index in [4.69, 9.17) is 13.9 Å². The Hall–Kier alpha value is -3.63. The van der Waals surface area contributed by atoms with Gasteiger partial charge in [0.25, 0.3) is 10.0 Å². The largest absolute Gasteiger partial charge is 0.497 e. The Kier molecular flexibility index (Phi) is 6.21. The fourth-order valence-electron chi connectivity index (χ4n) is 3.33. The Morgan fingerprint density at radius 3 is 2.45 bits per heavy atom. The maximum atomic E-state index is 13.8. The molecule has 0 aliphatic rings. The van der Waals surface area contributed by atoms with E-state index in [0.29, 0.717) is 15.8 Å². The highest BCUT2D eigenvalue weighted by molar-refractivity contribution is 7.93. The molecular weight excluding hydrogens is 466 g/mol. The highest BCUT2D eigenvalue weighted by Gasteiger charge is 2.34. The molecule has 0 unspecified atom stereocenters. The van der Waals surface area contributed by atoms with Crippen LogP contribution in [0.2, 0.25) is 0 Å². The third kappa shape index (κ3) is 4.48. The summed E-state index contributed by atoms with van der Waals surface area (Å²) in [6.07, 6.45) is -0.161. The lowest BCUT2D eigenvalue weighted by Gasteiger charge is -2.24. The molecule has 1 aromatic heterocycles. The van der Waals surface area contributed by atoms with Crippen LogP contribution in [0.3, 0.4) is 0 Å². The second-order valence-electron chi connectivity index (χ2n) is 6.93. The molecule has 0 saturated carbocycles. The van der Waals surface area contributed by atoms with E-state index in [9.17, 15) is 18.0 Å². The molecule has 0 saturated heterocycles. The first kappa shape index (κ1) is 22.6. The number of methoxy groups -OCH3 is 2. The van der Waals surface area contributed by atoms with Crippen LogP contribution in [0.5, 0.6) is 11.5 Å². The number of fused-ring (bicyclic) bond motifs is 1. The van der Waals surface area contributed by atoms with Crippen LogP contribution in [0, 0.1) is 0 Å². The lowest BCUT2D eigenvalue weighted by molar-refractivity contribution is -0.116. The van der Waals surface area contributed by atoms with Gasteiger partial charge in [0.05, 0.1) is 31.0 Å². The number of amides is 1. The Balaban J connectivity index is 1.89. The summed E-state index contributed by atoms with van der Waals surface area (Å²) in [4.78, 5) is 24.3. The quantitative estimate of drug-likeness (QED) is 0.392. The monoisotopic (exact) mass is 485 g/mol. The molecular formula is C23H19NO7S2. The number of nitrogens with zero attached hydrogens (tertiary/aromatic N) is 1. The van der Waals surface area contributed by atoms with Crippen molar-refractivity contribution in [3.63, 3.8) is 0 Å². The summed E-state index contributed by atoms with van der Waals surface area (Å²) >= 11 is 0.820. The van der Waals surface area contributed by atoms with Gasteiger partial charge in [-0.3, -0.25) is 4.79 Å². The Morgan fingerprint density at radius 2 is 1.76 bits per heavy atom. The minimum atomic E-state index is -4.44. The number of hydrogen-bond acceptors (Lipinski definition) is 8. The lowest BCUT2D eigenvalue weighted by atomic mass is 10.1. The van der Waals surface area contributed by atoms with Gasteiger partial charge in [-0.05, 0) is 35.9 Å². The summed E-state index contributed by atoms with van der Waals surface area (Å²) in [7, 11) is -1.69. The predicted octanol–water partition coefficient (Wildman–Crippen LogP) is 3.84. The Morgan fingerprint density at radius 1 is 1.00 bits per heavy atom. The maximum absolute atomic E-state index is 13.8. The van der Waals surface area contributed by atoms with E-state index < -0.39 is 20.9 Å². The van der Waals surface area contributed by atoms with Crippen LogP contribution in [0.15, 0.2) is 80.8 Å². The van der Waals surface area contributed by atoms with Gasteiger partial charge < -0.3 is 13.9 Å². The number of sulfonamides is 1. The van der Waals surface area contributed by atoms with Gasteiger partial charge in [-0.2, -0.15) is 0 Å². The van der Waals surface area contributed by atoms with Gasteiger partial charge in [0.15, 0.2) is 0 Å². The molecule has 0 radical (unpaired) electrons. The van der Waals surface area contributed by atoms with E-state index in [-0.39, 0.29) is 28.5 Å². The van der Waals surface area contributed by atoms with Crippen LogP contribution in [0.4, 0.5) is 5.69 Å². The van der Waals surface area contributed by atoms with Gasteiger partial charge in [0.2, 0.25) is 5.91 Å². The third-order valence-corrected chi connectivity index (χ3v) is 7.42. The molecule has 1 amide bonds. The van der Waals surface area contributed by atoms with Gasteiger partial charge >= 0.3 is 4.94 Å². The average molecular weight is 486 g/mol. The van der Waals surface area contributed by atoms with Crippen molar-refractivity contribution in [1.29, 1.82) is 0 Å². The van der Waals surface area contributed by atoms with Crippen LogP contribution < -0.4 is 18.7 Å². The first-order chi connectivity index (χ1) is 15.8. The van der Waals surface area contributed by atoms with E-state index in [1.807, 2.05) is 0 Å². The second kappa shape index (κ2) is 9.08. The van der Waals surface area contributed by atoms with Crippen molar-refractivity contribution in [1.82, 2.24) is 0 Å². The number of carbonyl (C=O) groups excluding carboxylic acids is 1. The number of rotatable bonds is 7. The van der Waals surface area contributed by atoms with Crippen molar-refractivity contribution < 1.29 is 27.1 Å². The van der Waals surface area contributed by atoms with E-state index in [0.717, 1.165) is 15.6 Å². The van der Waals surface area contributed by atoms with E-state index in [1.54, 1.807) is 36.4 Å². The molecule has 170 valence electrons. The molecule has 0 bridgehead atoms. The summed E-state index contributed by atoms with van der Waals surface area (Å²) in [5.74, 6) is -0.336. The van der Waals surface area contributed by atoms with Crippen LogP contribution in [0.1, 0.15) is 5.56 Å². The maximum Gasteiger partial charge on any atom is 0.396 e. The first-order valence-corrected chi connectivity index (χ1v) is 12.0. The van der Waals surface area contributed by atoms with Crippen LogP contribution in [0.25, 0.3) is 10.3 Å². The Bertz CT molecular complexity index is 1470. The van der Waals surface area contributed by atoms with E-state index in [1.165, 1.54) is 44.6 Å². The fraction of sp³-hybridized carbons (Fsp3) is 0.130. The first-order valence-electron chi connectivity index (χ1n) is 9.71. The zero-order chi connectivity index (χ0) is 23.6. The summed E-state index contributed by atoms with van der Waals surface area (Å²) < 4.78 is 44.3. The number of ether oxygens (including phenoxy) is 2. The standard InChI is InChI=1S/C23H19NO7S2/c1-29-17-9-11-19(30-2)21(14-17)33(27,28)24(22(25)12-15-6-4-3-5-7-15)16-8-10-18-20(13-16)32-23(26)31-18/h3-11,13-14H,12H2,1-2H3. The molecule has 0 fully saturated rings. The molecule has 0 aliphatic carbocycles. The van der Waals surface area contributed by atoms with Crippen molar-refractivity contribution in [2.45, 2.75) is 11.3 Å². The predicted molar refractivity (Wildman–Crippen MR) is 125 cm³/mol. The molecule has 8 nitrogen and oxygen atoms in total. The normalized spacial score (nSPS) is 11.3. The number of carbonyl (C=O) groups is 1. The van der Waals surface area contributed by atoms with Gasteiger partial charge in [-0.1, -0.05) is 41.7 Å². The van der Waals surface area contributed by atoms with Gasteiger partial charge in [0.1, 0.15) is 22.0 Å². The fourth-order valence-corrected chi connectivity index (χ4v) is 5.62. The van der Waals surface area contributed by atoms with Crippen LogP contribution in [-0.4, -0.2) is 28.5 Å². The number of benzene rings is 3. The molecule has 4 rings (SSSR count). The van der Waals surface area contributed by atoms with Crippen molar-refractivity contribution in [3.05, 3.63) is 82.0 Å². The van der Waals surface area contributed by atoms with Gasteiger partial charge in [-0.15, -0.1) is 0 Å². The molecule has 0 spiro atoms. The number of hydrogen-bond donors (Lipinski definition) is 0. The van der Waals surface area contributed by atoms with E-state index in [2.05, 4.69) is 0 Å². The second-order valence-corrected chi connectivity index (χ2v) is 9.66. The van der Waals surface area contributed by atoms with Gasteiger partial charge in [0, 0.05) is 6.07 Å².